The molecule has 1 rings (SSSR count). The molecular weight excluding hydrogens is 364 g/mol. The summed E-state index contributed by atoms with van der Waals surface area (Å²) < 4.78 is 19.9. The molecule has 0 heterocycles. The van der Waals surface area contributed by atoms with E-state index in [0.717, 1.165) is 0 Å². The lowest BCUT2D eigenvalue weighted by atomic mass is 9.99. The number of ether oxygens (including phenoxy) is 1. The number of amides is 2. The minimum absolute atomic E-state index is 0.158. The Morgan fingerprint density at radius 3 is 2.28 bits per heavy atom. The van der Waals surface area contributed by atoms with Crippen LogP contribution in [0.25, 0.3) is 0 Å². The SMILES string of the molecule is CC[C@H](C)[C@H](NC(=O)OC(C)(C)C)C(=O)NS(=O)c1ccc(Cl)cc1. The summed E-state index contributed by atoms with van der Waals surface area (Å²) in [7, 11) is -1.75. The van der Waals surface area contributed by atoms with Gasteiger partial charge in [0.05, 0.1) is 4.90 Å². The molecule has 3 atom stereocenters. The van der Waals surface area contributed by atoms with Crippen LogP contribution in [0.15, 0.2) is 29.2 Å². The van der Waals surface area contributed by atoms with Gasteiger partial charge in [0.15, 0.2) is 11.0 Å². The molecule has 2 amide bonds. The highest BCUT2D eigenvalue weighted by molar-refractivity contribution is 7.83. The van der Waals surface area contributed by atoms with Gasteiger partial charge in [-0.3, -0.25) is 9.52 Å². The van der Waals surface area contributed by atoms with Crippen LogP contribution >= 0.6 is 11.6 Å². The van der Waals surface area contributed by atoms with E-state index in [0.29, 0.717) is 16.3 Å². The molecule has 0 aliphatic carbocycles. The van der Waals surface area contributed by atoms with E-state index in [-0.39, 0.29) is 5.92 Å². The largest absolute Gasteiger partial charge is 0.444 e. The maximum atomic E-state index is 12.5. The normalized spacial score (nSPS) is 15.0. The number of benzene rings is 1. The van der Waals surface area contributed by atoms with Crippen LogP contribution in [0.5, 0.6) is 0 Å². The average Bonchev–Trinajstić information content (AvgIpc) is 2.50. The number of rotatable bonds is 6. The summed E-state index contributed by atoms with van der Waals surface area (Å²) in [6, 6.07) is 5.46. The number of alkyl carbamates (subject to hydrolysis) is 1. The predicted molar refractivity (Wildman–Crippen MR) is 98.6 cm³/mol. The Labute approximate surface area is 156 Å². The van der Waals surface area contributed by atoms with E-state index in [1.807, 2.05) is 13.8 Å². The van der Waals surface area contributed by atoms with Crippen molar-refractivity contribution in [3.63, 3.8) is 0 Å². The molecule has 0 aromatic heterocycles. The van der Waals surface area contributed by atoms with Gasteiger partial charge in [0.1, 0.15) is 11.6 Å². The number of carbonyl (C=O) groups is 2. The first-order chi connectivity index (χ1) is 11.5. The van der Waals surface area contributed by atoms with Crippen LogP contribution in [0.1, 0.15) is 41.0 Å². The fourth-order valence-corrected chi connectivity index (χ4v) is 2.85. The number of hydrogen-bond acceptors (Lipinski definition) is 4. The number of halogens is 1. The molecule has 0 spiro atoms. The Morgan fingerprint density at radius 1 is 1.24 bits per heavy atom. The molecule has 1 aromatic rings. The first-order valence-corrected chi connectivity index (χ1v) is 9.53. The molecule has 0 aliphatic rings. The van der Waals surface area contributed by atoms with Crippen molar-refractivity contribution in [3.8, 4) is 0 Å². The molecule has 0 saturated carbocycles. The summed E-state index contributed by atoms with van der Waals surface area (Å²) in [6.45, 7) is 8.94. The highest BCUT2D eigenvalue weighted by Gasteiger charge is 2.29. The summed E-state index contributed by atoms with van der Waals surface area (Å²) in [4.78, 5) is 24.9. The maximum Gasteiger partial charge on any atom is 0.408 e. The third-order valence-corrected chi connectivity index (χ3v) is 4.73. The van der Waals surface area contributed by atoms with Crippen LogP contribution in [0, 0.1) is 5.92 Å². The minimum atomic E-state index is -1.75. The highest BCUT2D eigenvalue weighted by atomic mass is 35.5. The van der Waals surface area contributed by atoms with Crippen molar-refractivity contribution >= 4 is 34.6 Å². The van der Waals surface area contributed by atoms with Crippen LogP contribution in [0.4, 0.5) is 4.79 Å². The van der Waals surface area contributed by atoms with Crippen LogP contribution in [0.2, 0.25) is 5.02 Å². The Morgan fingerprint density at radius 2 is 1.80 bits per heavy atom. The molecule has 0 fully saturated rings. The first-order valence-electron chi connectivity index (χ1n) is 8.01. The quantitative estimate of drug-likeness (QED) is 0.781. The smallest absolute Gasteiger partial charge is 0.408 e. The third kappa shape index (κ3) is 7.44. The summed E-state index contributed by atoms with van der Waals surface area (Å²) in [6.07, 6.45) is -0.0354. The average molecular weight is 389 g/mol. The van der Waals surface area contributed by atoms with Crippen molar-refractivity contribution in [2.75, 3.05) is 0 Å². The zero-order valence-corrected chi connectivity index (χ0v) is 16.7. The Bertz CT molecular complexity index is 629. The van der Waals surface area contributed by atoms with E-state index >= 15 is 0 Å². The Hall–Kier alpha value is -1.60. The fraction of sp³-hybridized carbons (Fsp3) is 0.529. The fourth-order valence-electron chi connectivity index (χ4n) is 1.91. The lowest BCUT2D eigenvalue weighted by Crippen LogP contribution is -2.51. The van der Waals surface area contributed by atoms with E-state index < -0.39 is 34.6 Å². The third-order valence-electron chi connectivity index (χ3n) is 3.39. The molecule has 0 bridgehead atoms. The van der Waals surface area contributed by atoms with E-state index in [1.54, 1.807) is 45.0 Å². The molecule has 8 heteroatoms. The number of carbonyl (C=O) groups excluding carboxylic acids is 2. The van der Waals surface area contributed by atoms with Gasteiger partial charge >= 0.3 is 6.09 Å². The molecule has 0 aliphatic heterocycles. The zero-order valence-electron chi connectivity index (χ0n) is 15.1. The second-order valence-corrected chi connectivity index (χ2v) is 8.35. The molecule has 2 N–H and O–H groups in total. The molecule has 6 nitrogen and oxygen atoms in total. The van der Waals surface area contributed by atoms with Gasteiger partial charge in [0.25, 0.3) is 5.91 Å². The summed E-state index contributed by atoms with van der Waals surface area (Å²) >= 11 is 5.80. The molecule has 0 radical (unpaired) electrons. The van der Waals surface area contributed by atoms with Crippen molar-refractivity contribution in [2.24, 2.45) is 5.92 Å². The van der Waals surface area contributed by atoms with E-state index in [2.05, 4.69) is 10.0 Å². The van der Waals surface area contributed by atoms with Gasteiger partial charge < -0.3 is 10.1 Å². The molecule has 0 saturated heterocycles. The lowest BCUT2D eigenvalue weighted by Gasteiger charge is -2.26. The summed E-state index contributed by atoms with van der Waals surface area (Å²) in [5, 5.41) is 3.07. The van der Waals surface area contributed by atoms with Gasteiger partial charge in [-0.05, 0) is 51.0 Å². The molecule has 25 heavy (non-hydrogen) atoms. The first kappa shape index (κ1) is 21.4. The van der Waals surface area contributed by atoms with Crippen molar-refractivity contribution in [3.05, 3.63) is 29.3 Å². The molecule has 1 aromatic carbocycles. The van der Waals surface area contributed by atoms with Crippen molar-refractivity contribution in [2.45, 2.75) is 57.6 Å². The van der Waals surface area contributed by atoms with Crippen molar-refractivity contribution < 1.29 is 18.5 Å². The predicted octanol–water partition coefficient (Wildman–Crippen LogP) is 3.42. The number of nitrogens with one attached hydrogen (secondary N) is 2. The Balaban J connectivity index is 2.81. The van der Waals surface area contributed by atoms with Gasteiger partial charge in [-0.1, -0.05) is 31.9 Å². The van der Waals surface area contributed by atoms with Gasteiger partial charge in [-0.2, -0.15) is 0 Å². The van der Waals surface area contributed by atoms with Crippen molar-refractivity contribution in [1.82, 2.24) is 10.0 Å². The minimum Gasteiger partial charge on any atom is -0.444 e. The van der Waals surface area contributed by atoms with E-state index in [4.69, 9.17) is 16.3 Å². The monoisotopic (exact) mass is 388 g/mol. The van der Waals surface area contributed by atoms with Gasteiger partial charge in [-0.15, -0.1) is 0 Å². The summed E-state index contributed by atoms with van der Waals surface area (Å²) in [5.41, 5.74) is -0.674. The lowest BCUT2D eigenvalue weighted by molar-refractivity contribution is -0.122. The molecule has 1 unspecified atom stereocenters. The van der Waals surface area contributed by atoms with E-state index in [9.17, 15) is 13.8 Å². The standard InChI is InChI=1S/C17H25ClN2O4S/c1-6-11(2)14(19-16(22)24-17(3,4)5)15(21)20-25(23)13-9-7-12(18)8-10-13/h7-11,14H,6H2,1-5H3,(H,19,22)(H,20,21)/t11-,14-,25?/m0/s1. The van der Waals surface area contributed by atoms with Crippen LogP contribution in [-0.2, 0) is 20.5 Å². The maximum absolute atomic E-state index is 12.5. The van der Waals surface area contributed by atoms with Gasteiger partial charge in [0, 0.05) is 5.02 Å². The summed E-state index contributed by atoms with van der Waals surface area (Å²) in [5.74, 6) is -0.691. The van der Waals surface area contributed by atoms with Crippen LogP contribution < -0.4 is 10.0 Å². The van der Waals surface area contributed by atoms with Crippen LogP contribution in [0.3, 0.4) is 0 Å². The second kappa shape index (κ2) is 9.20. The second-order valence-electron chi connectivity index (χ2n) is 6.70. The van der Waals surface area contributed by atoms with Crippen molar-refractivity contribution in [1.29, 1.82) is 0 Å². The van der Waals surface area contributed by atoms with Gasteiger partial charge in [-0.25, -0.2) is 9.00 Å². The number of hydrogen-bond donors (Lipinski definition) is 2. The highest BCUT2D eigenvalue weighted by Crippen LogP contribution is 2.14. The molecule has 140 valence electrons. The van der Waals surface area contributed by atoms with Gasteiger partial charge in [0.2, 0.25) is 0 Å². The van der Waals surface area contributed by atoms with Crippen LogP contribution in [-0.4, -0.2) is 27.9 Å². The zero-order chi connectivity index (χ0) is 19.2. The van der Waals surface area contributed by atoms with E-state index in [1.165, 1.54) is 0 Å². The molecular formula is C17H25ClN2O4S. The topological polar surface area (TPSA) is 84.5 Å². The Kier molecular flexibility index (Phi) is 7.89.